The quantitative estimate of drug-likeness (QED) is 0.825. The van der Waals surface area contributed by atoms with Gasteiger partial charge in [-0.2, -0.15) is 0 Å². The van der Waals surface area contributed by atoms with Gasteiger partial charge < -0.3 is 14.6 Å². The summed E-state index contributed by atoms with van der Waals surface area (Å²) in [7, 11) is 0. The fourth-order valence-electron chi connectivity index (χ4n) is 1.24. The molecule has 0 aliphatic heterocycles. The molecule has 18 heavy (non-hydrogen) atoms. The number of aromatic nitrogens is 1. The lowest BCUT2D eigenvalue weighted by Gasteiger charge is -2.22. The van der Waals surface area contributed by atoms with Crippen molar-refractivity contribution in [3.63, 3.8) is 0 Å². The fourth-order valence-corrected chi connectivity index (χ4v) is 1.24. The molecule has 1 atom stereocenters. The molecular weight excluding hydrogens is 236 g/mol. The van der Waals surface area contributed by atoms with Crippen molar-refractivity contribution in [2.24, 2.45) is 0 Å². The summed E-state index contributed by atoms with van der Waals surface area (Å²) in [6.45, 7) is 8.49. The van der Waals surface area contributed by atoms with Crippen molar-refractivity contribution in [2.75, 3.05) is 0 Å². The van der Waals surface area contributed by atoms with Gasteiger partial charge in [-0.1, -0.05) is 5.16 Å². The van der Waals surface area contributed by atoms with Gasteiger partial charge in [0.2, 0.25) is 0 Å². The molecule has 1 amide bonds. The van der Waals surface area contributed by atoms with Gasteiger partial charge in [0, 0.05) is 0 Å². The molecule has 6 heteroatoms. The second-order valence-corrected chi connectivity index (χ2v) is 5.02. The van der Waals surface area contributed by atoms with E-state index in [9.17, 15) is 9.59 Å². The Morgan fingerprint density at radius 3 is 2.50 bits per heavy atom. The predicted molar refractivity (Wildman–Crippen MR) is 64.0 cm³/mol. The molecule has 1 rings (SSSR count). The number of amides is 1. The van der Waals surface area contributed by atoms with Gasteiger partial charge in [-0.25, -0.2) is 4.79 Å². The molecule has 0 spiro atoms. The molecule has 0 aliphatic rings. The molecule has 0 saturated heterocycles. The van der Waals surface area contributed by atoms with Crippen LogP contribution in [0.4, 0.5) is 0 Å². The number of rotatable bonds is 3. The van der Waals surface area contributed by atoms with Crippen molar-refractivity contribution in [2.45, 2.75) is 46.3 Å². The number of hydrogen-bond donors (Lipinski definition) is 1. The van der Waals surface area contributed by atoms with Crippen LogP contribution in [0.15, 0.2) is 10.7 Å². The van der Waals surface area contributed by atoms with E-state index in [1.165, 1.54) is 6.20 Å². The van der Waals surface area contributed by atoms with E-state index in [1.807, 2.05) is 0 Å². The number of nitrogens with zero attached hydrogens (tertiary/aromatic N) is 1. The summed E-state index contributed by atoms with van der Waals surface area (Å²) < 4.78 is 9.94. The summed E-state index contributed by atoms with van der Waals surface area (Å²) in [5, 5.41) is 6.03. The molecule has 0 aromatic carbocycles. The maximum absolute atomic E-state index is 11.8. The molecule has 0 fully saturated rings. The van der Waals surface area contributed by atoms with E-state index >= 15 is 0 Å². The van der Waals surface area contributed by atoms with Crippen LogP contribution in [-0.2, 0) is 9.53 Å². The third-order valence-corrected chi connectivity index (χ3v) is 2.10. The topological polar surface area (TPSA) is 81.4 Å². The monoisotopic (exact) mass is 254 g/mol. The van der Waals surface area contributed by atoms with Gasteiger partial charge in [-0.05, 0) is 34.6 Å². The van der Waals surface area contributed by atoms with Crippen LogP contribution >= 0.6 is 0 Å². The van der Waals surface area contributed by atoms with Crippen molar-refractivity contribution in [3.8, 4) is 0 Å². The van der Waals surface area contributed by atoms with Crippen molar-refractivity contribution in [3.05, 3.63) is 17.5 Å². The first kappa shape index (κ1) is 14.2. The highest BCUT2D eigenvalue weighted by Crippen LogP contribution is 2.09. The lowest BCUT2D eigenvalue weighted by Crippen LogP contribution is -2.42. The highest BCUT2D eigenvalue weighted by molar-refractivity contribution is 5.97. The Morgan fingerprint density at radius 2 is 2.06 bits per heavy atom. The second kappa shape index (κ2) is 5.20. The van der Waals surface area contributed by atoms with Crippen LogP contribution in [0.3, 0.4) is 0 Å². The number of aryl methyl sites for hydroxylation is 1. The van der Waals surface area contributed by atoms with Gasteiger partial charge in [0.15, 0.2) is 0 Å². The minimum Gasteiger partial charge on any atom is -0.458 e. The second-order valence-electron chi connectivity index (χ2n) is 5.02. The normalized spacial score (nSPS) is 12.9. The van der Waals surface area contributed by atoms with Gasteiger partial charge in [0.25, 0.3) is 5.91 Å². The Morgan fingerprint density at radius 1 is 1.44 bits per heavy atom. The number of carbonyl (C=O) groups is 2. The third kappa shape index (κ3) is 3.87. The Kier molecular flexibility index (Phi) is 4.11. The molecule has 6 nitrogen and oxygen atoms in total. The van der Waals surface area contributed by atoms with Crippen LogP contribution in [0.2, 0.25) is 0 Å². The maximum atomic E-state index is 11.8. The zero-order valence-electron chi connectivity index (χ0n) is 11.2. The molecule has 1 aromatic rings. The molecule has 0 aliphatic carbocycles. The third-order valence-electron chi connectivity index (χ3n) is 2.10. The molecule has 0 bridgehead atoms. The van der Waals surface area contributed by atoms with E-state index < -0.39 is 23.5 Å². The lowest BCUT2D eigenvalue weighted by atomic mass is 10.2. The zero-order chi connectivity index (χ0) is 13.9. The number of carbonyl (C=O) groups excluding carboxylic acids is 2. The Balaban J connectivity index is 2.60. The summed E-state index contributed by atoms with van der Waals surface area (Å²) in [5.41, 5.74) is -0.270. The average Bonchev–Trinajstić information content (AvgIpc) is 2.61. The van der Waals surface area contributed by atoms with Gasteiger partial charge >= 0.3 is 5.97 Å². The summed E-state index contributed by atoms with van der Waals surface area (Å²) in [6, 6.07) is -0.731. The maximum Gasteiger partial charge on any atom is 0.328 e. The molecule has 0 saturated carbocycles. The first-order valence-electron chi connectivity index (χ1n) is 5.65. The average molecular weight is 254 g/mol. The Labute approximate surface area is 106 Å². The molecule has 1 aromatic heterocycles. The largest absolute Gasteiger partial charge is 0.458 e. The van der Waals surface area contributed by atoms with Gasteiger partial charge in [0.05, 0.1) is 6.20 Å². The van der Waals surface area contributed by atoms with E-state index in [1.54, 1.807) is 34.6 Å². The van der Waals surface area contributed by atoms with E-state index in [-0.39, 0.29) is 0 Å². The van der Waals surface area contributed by atoms with Crippen molar-refractivity contribution < 1.29 is 18.8 Å². The Bertz CT molecular complexity index is 445. The summed E-state index contributed by atoms with van der Waals surface area (Å²) in [5.74, 6) is -0.485. The van der Waals surface area contributed by atoms with Crippen molar-refractivity contribution >= 4 is 11.9 Å². The van der Waals surface area contributed by atoms with Crippen molar-refractivity contribution in [1.82, 2.24) is 10.5 Å². The van der Waals surface area contributed by atoms with Crippen LogP contribution in [0.5, 0.6) is 0 Å². The van der Waals surface area contributed by atoms with Crippen LogP contribution in [0.1, 0.15) is 43.8 Å². The predicted octanol–water partition coefficient (Wildman–Crippen LogP) is 1.44. The zero-order valence-corrected chi connectivity index (χ0v) is 11.2. The number of nitrogens with one attached hydrogen (secondary N) is 1. The van der Waals surface area contributed by atoms with Crippen LogP contribution in [-0.4, -0.2) is 28.7 Å². The van der Waals surface area contributed by atoms with Crippen LogP contribution in [0.25, 0.3) is 0 Å². The molecular formula is C12H18N2O4. The van der Waals surface area contributed by atoms with Crippen molar-refractivity contribution in [1.29, 1.82) is 0 Å². The molecule has 100 valence electrons. The highest BCUT2D eigenvalue weighted by atomic mass is 16.6. The summed E-state index contributed by atoms with van der Waals surface area (Å²) >= 11 is 0. The smallest absolute Gasteiger partial charge is 0.328 e. The SMILES string of the molecule is Cc1oncc1C(=O)N[C@@H](C)C(=O)OC(C)(C)C. The number of hydrogen-bond acceptors (Lipinski definition) is 5. The highest BCUT2D eigenvalue weighted by Gasteiger charge is 2.24. The van der Waals surface area contributed by atoms with Crippen LogP contribution in [0, 0.1) is 6.92 Å². The minimum absolute atomic E-state index is 0.311. The number of ether oxygens (including phenoxy) is 1. The van der Waals surface area contributed by atoms with Gasteiger partial charge in [-0.15, -0.1) is 0 Å². The minimum atomic E-state index is -0.731. The summed E-state index contributed by atoms with van der Waals surface area (Å²) in [4.78, 5) is 23.5. The van der Waals surface area contributed by atoms with E-state index in [4.69, 9.17) is 9.26 Å². The van der Waals surface area contributed by atoms with E-state index in [0.717, 1.165) is 0 Å². The molecule has 0 radical (unpaired) electrons. The lowest BCUT2D eigenvalue weighted by molar-refractivity contribution is -0.156. The fraction of sp³-hybridized carbons (Fsp3) is 0.583. The van der Waals surface area contributed by atoms with E-state index in [2.05, 4.69) is 10.5 Å². The van der Waals surface area contributed by atoms with Crippen LogP contribution < -0.4 is 5.32 Å². The number of esters is 1. The molecule has 1 N–H and O–H groups in total. The van der Waals surface area contributed by atoms with Gasteiger partial charge in [-0.3, -0.25) is 4.79 Å². The Hall–Kier alpha value is -1.85. The first-order chi connectivity index (χ1) is 8.20. The van der Waals surface area contributed by atoms with E-state index in [0.29, 0.717) is 11.3 Å². The van der Waals surface area contributed by atoms with Gasteiger partial charge in [0.1, 0.15) is 23.0 Å². The standard InChI is InChI=1S/C12H18N2O4/c1-7(11(16)17-12(3,4)5)14-10(15)9-6-13-18-8(9)2/h6-7H,1-5H3,(H,14,15)/t7-/m0/s1. The first-order valence-corrected chi connectivity index (χ1v) is 5.65. The summed E-state index contributed by atoms with van der Waals surface area (Å²) in [6.07, 6.45) is 1.31. The molecule has 1 heterocycles. The molecule has 0 unspecified atom stereocenters.